The molecular weight excluding hydrogens is 1090 g/mol. The van der Waals surface area contributed by atoms with Crippen LogP contribution in [0.15, 0.2) is 255 Å². The molecule has 0 aliphatic rings. The summed E-state index contributed by atoms with van der Waals surface area (Å²) in [5, 5.41) is 5.12. The molecule has 14 rings (SSSR count). The number of rotatable bonds is 10. The molecule has 0 radical (unpaired) electrons. The third-order valence-electron chi connectivity index (χ3n) is 18.1. The van der Waals surface area contributed by atoms with E-state index in [4.69, 9.17) is 9.97 Å². The minimum Gasteiger partial charge on any atom is -0.311 e. The van der Waals surface area contributed by atoms with Gasteiger partial charge in [0.1, 0.15) is 0 Å². The van der Waals surface area contributed by atoms with Crippen molar-refractivity contribution in [1.82, 2.24) is 19.1 Å². The molecule has 90 heavy (non-hydrogen) atoms. The van der Waals surface area contributed by atoms with E-state index in [1.165, 1.54) is 65.9 Å². The van der Waals surface area contributed by atoms with E-state index in [2.05, 4.69) is 345 Å². The highest BCUT2D eigenvalue weighted by Crippen LogP contribution is 2.44. The summed E-state index contributed by atoms with van der Waals surface area (Å²) in [6.07, 6.45) is 0. The van der Waals surface area contributed by atoms with Crippen LogP contribution in [-0.2, 0) is 21.7 Å². The van der Waals surface area contributed by atoms with Crippen molar-refractivity contribution < 1.29 is 0 Å². The fourth-order valence-electron chi connectivity index (χ4n) is 13.0. The van der Waals surface area contributed by atoms with Gasteiger partial charge in [0.15, 0.2) is 0 Å². The van der Waals surface area contributed by atoms with E-state index >= 15 is 0 Å². The zero-order chi connectivity index (χ0) is 62.4. The highest BCUT2D eigenvalue weighted by molar-refractivity contribution is 6.11. The summed E-state index contributed by atoms with van der Waals surface area (Å²) in [7, 11) is 0. The van der Waals surface area contributed by atoms with Crippen LogP contribution >= 0.6 is 0 Å². The molecule has 0 saturated carbocycles. The van der Waals surface area contributed by atoms with Gasteiger partial charge >= 0.3 is 0 Å². The smallest absolute Gasteiger partial charge is 0.0973 e. The summed E-state index contributed by atoms with van der Waals surface area (Å²) in [4.78, 5) is 15.4. The third kappa shape index (κ3) is 10.6. The molecule has 444 valence electrons. The molecule has 3 heterocycles. The summed E-state index contributed by atoms with van der Waals surface area (Å²) in [6.45, 7) is 27.5. The molecule has 0 aliphatic carbocycles. The van der Waals surface area contributed by atoms with Crippen LogP contribution in [0.5, 0.6) is 0 Å². The topological polar surface area (TPSA) is 42.1 Å². The molecular formula is C84H78N6. The first-order valence-electron chi connectivity index (χ1n) is 31.7. The molecule has 0 saturated heterocycles. The molecule has 14 aromatic rings. The number of aromatic nitrogens is 4. The first kappa shape index (κ1) is 57.7. The van der Waals surface area contributed by atoms with Gasteiger partial charge in [-0.15, -0.1) is 0 Å². The lowest BCUT2D eigenvalue weighted by atomic mass is 9.85. The zero-order valence-electron chi connectivity index (χ0n) is 53.9. The highest BCUT2D eigenvalue weighted by atomic mass is 15.1. The van der Waals surface area contributed by atoms with Gasteiger partial charge in [0.2, 0.25) is 0 Å². The number of para-hydroxylation sites is 4. The summed E-state index contributed by atoms with van der Waals surface area (Å²) < 4.78 is 4.86. The average Bonchev–Trinajstić information content (AvgIpc) is 1.58. The lowest BCUT2D eigenvalue weighted by molar-refractivity contribution is 0.590. The Morgan fingerprint density at radius 1 is 0.256 bits per heavy atom. The van der Waals surface area contributed by atoms with Crippen LogP contribution in [0, 0.1) is 0 Å². The number of fused-ring (bicyclic) bond motifs is 7. The summed E-state index contributed by atoms with van der Waals surface area (Å²) >= 11 is 0. The molecule has 6 nitrogen and oxygen atoms in total. The van der Waals surface area contributed by atoms with Crippen molar-refractivity contribution in [3.8, 4) is 33.9 Å². The van der Waals surface area contributed by atoms with Crippen molar-refractivity contribution in [2.24, 2.45) is 0 Å². The van der Waals surface area contributed by atoms with Crippen molar-refractivity contribution in [2.75, 3.05) is 9.80 Å². The maximum absolute atomic E-state index is 5.38. The van der Waals surface area contributed by atoms with E-state index in [0.29, 0.717) is 0 Å². The molecule has 0 bridgehead atoms. The molecule has 0 aliphatic heterocycles. The minimum absolute atomic E-state index is 0.0263. The van der Waals surface area contributed by atoms with Gasteiger partial charge in [0.05, 0.1) is 44.5 Å². The van der Waals surface area contributed by atoms with Crippen LogP contribution in [0.2, 0.25) is 0 Å². The molecule has 0 atom stereocenters. The maximum Gasteiger partial charge on any atom is 0.0973 e. The Morgan fingerprint density at radius 2 is 0.500 bits per heavy atom. The van der Waals surface area contributed by atoms with Gasteiger partial charge in [0.25, 0.3) is 0 Å². The Bertz CT molecular complexity index is 4530. The Hall–Kier alpha value is -10.0. The van der Waals surface area contributed by atoms with E-state index in [1.807, 2.05) is 12.1 Å². The fraction of sp³-hybridized carbons (Fsp3) is 0.190. The number of anilines is 6. The largest absolute Gasteiger partial charge is 0.311 e. The van der Waals surface area contributed by atoms with Crippen molar-refractivity contribution in [3.63, 3.8) is 0 Å². The second kappa shape index (κ2) is 21.9. The third-order valence-corrected chi connectivity index (χ3v) is 18.1. The zero-order valence-corrected chi connectivity index (χ0v) is 53.9. The van der Waals surface area contributed by atoms with Gasteiger partial charge in [-0.25, -0.2) is 9.97 Å². The van der Waals surface area contributed by atoms with Crippen LogP contribution in [0.1, 0.15) is 105 Å². The number of hydrogen-bond donors (Lipinski definition) is 0. The van der Waals surface area contributed by atoms with Crippen molar-refractivity contribution in [3.05, 3.63) is 277 Å². The van der Waals surface area contributed by atoms with E-state index in [0.717, 1.165) is 79.0 Å². The number of nitrogens with zero attached hydrogens (tertiary/aromatic N) is 6. The van der Waals surface area contributed by atoms with Gasteiger partial charge in [-0.2, -0.15) is 0 Å². The monoisotopic (exact) mass is 1170 g/mol. The molecule has 3 aromatic heterocycles. The Labute approximate surface area is 530 Å². The van der Waals surface area contributed by atoms with E-state index < -0.39 is 0 Å². The fourth-order valence-corrected chi connectivity index (χ4v) is 13.0. The number of benzene rings is 11. The van der Waals surface area contributed by atoms with Gasteiger partial charge in [0, 0.05) is 78.2 Å². The highest BCUT2D eigenvalue weighted by Gasteiger charge is 2.25. The van der Waals surface area contributed by atoms with Crippen molar-refractivity contribution >= 4 is 88.8 Å². The van der Waals surface area contributed by atoms with E-state index in [-0.39, 0.29) is 21.7 Å². The summed E-state index contributed by atoms with van der Waals surface area (Å²) in [5.41, 5.74) is 24.1. The molecule has 6 heteroatoms. The second-order valence-electron chi connectivity index (χ2n) is 28.5. The SMILES string of the molecule is CC(C)(C)c1ccc2c(c1)c1cc(C(C)(C)C)ccc1n2-c1ccc(N(c2ccccc2)c2ccc(-c3nc4ccccc4nc3-c3ccc(N(c4ccccc4)c4ccc(-n5c6ccc(C(C)(C)C)cc6c6cc(C(C)(C)C)ccc65)cc4)cc3)cc2)cc1. The average molecular weight is 1170 g/mol. The lowest BCUT2D eigenvalue weighted by Gasteiger charge is -2.26. The normalized spacial score (nSPS) is 12.4. The van der Waals surface area contributed by atoms with Crippen molar-refractivity contribution in [2.45, 2.75) is 105 Å². The standard InChI is InChI=1S/C84H78N6/c1-81(2,3)57-31-47-75-69(51-57)70-52-58(82(4,5)6)32-48-76(70)89(75)67-43-39-65(40-44-67)87(61-21-15-13-16-22-61)63-35-27-55(28-36-63)79-80(86-74-26-20-19-25-73(74)85-79)56-29-37-64(38-30-56)88(62-23-17-14-18-24-62)66-41-45-68(46-42-66)90-77-49-33-59(83(7,8)9)53-71(77)72-54-60(84(10,11)12)34-50-78(72)90/h13-54H,1-12H3. The van der Waals surface area contributed by atoms with Gasteiger partial charge in [-0.1, -0.05) is 180 Å². The van der Waals surface area contributed by atoms with Crippen LogP contribution in [0.25, 0.3) is 88.5 Å². The van der Waals surface area contributed by atoms with Gasteiger partial charge < -0.3 is 18.9 Å². The first-order valence-corrected chi connectivity index (χ1v) is 31.7. The molecule has 0 spiro atoms. The van der Waals surface area contributed by atoms with E-state index in [1.54, 1.807) is 0 Å². The predicted molar refractivity (Wildman–Crippen MR) is 383 cm³/mol. The molecule has 0 amide bonds. The molecule has 0 unspecified atom stereocenters. The predicted octanol–water partition coefficient (Wildman–Crippen LogP) is 23.3. The van der Waals surface area contributed by atoms with Gasteiger partial charge in [-0.05, 0) is 202 Å². The van der Waals surface area contributed by atoms with E-state index in [9.17, 15) is 0 Å². The van der Waals surface area contributed by atoms with Crippen molar-refractivity contribution in [1.29, 1.82) is 0 Å². The van der Waals surface area contributed by atoms with Crippen LogP contribution in [0.3, 0.4) is 0 Å². The summed E-state index contributed by atoms with van der Waals surface area (Å²) in [5.74, 6) is 0. The Morgan fingerprint density at radius 3 is 0.767 bits per heavy atom. The first-order chi connectivity index (χ1) is 43.1. The second-order valence-corrected chi connectivity index (χ2v) is 28.5. The van der Waals surface area contributed by atoms with Crippen LogP contribution in [0.4, 0.5) is 34.1 Å². The molecule has 0 N–H and O–H groups in total. The van der Waals surface area contributed by atoms with Crippen LogP contribution < -0.4 is 9.80 Å². The molecule has 11 aromatic carbocycles. The Balaban J connectivity index is 0.804. The quantitative estimate of drug-likeness (QED) is 0.137. The van der Waals surface area contributed by atoms with Gasteiger partial charge in [-0.3, -0.25) is 0 Å². The van der Waals surface area contributed by atoms with Crippen LogP contribution in [-0.4, -0.2) is 19.1 Å². The maximum atomic E-state index is 5.38. The molecule has 0 fully saturated rings. The number of hydrogen-bond acceptors (Lipinski definition) is 4. The summed E-state index contributed by atoms with van der Waals surface area (Å²) in [6, 6.07) is 93.3. The Kier molecular flexibility index (Phi) is 14.1. The lowest BCUT2D eigenvalue weighted by Crippen LogP contribution is -2.10. The minimum atomic E-state index is 0.0263.